The zero-order chi connectivity index (χ0) is 15.9. The van der Waals surface area contributed by atoms with Gasteiger partial charge in [0.2, 0.25) is 5.88 Å². The number of ether oxygens (including phenoxy) is 1. The van der Waals surface area contributed by atoms with E-state index >= 15 is 0 Å². The van der Waals surface area contributed by atoms with Crippen molar-refractivity contribution >= 4 is 22.0 Å². The minimum atomic E-state index is -0.223. The molecule has 2 aromatic rings. The van der Waals surface area contributed by atoms with E-state index in [1.807, 2.05) is 37.3 Å². The number of nitrogens with one attached hydrogen (secondary N) is 2. The van der Waals surface area contributed by atoms with Crippen LogP contribution in [0.4, 0.5) is 4.79 Å². The van der Waals surface area contributed by atoms with E-state index in [0.717, 1.165) is 15.6 Å². The Morgan fingerprint density at radius 3 is 2.86 bits per heavy atom. The van der Waals surface area contributed by atoms with Gasteiger partial charge in [0, 0.05) is 23.3 Å². The van der Waals surface area contributed by atoms with Crippen LogP contribution in [-0.2, 0) is 6.54 Å². The van der Waals surface area contributed by atoms with E-state index in [9.17, 15) is 4.79 Å². The van der Waals surface area contributed by atoms with Gasteiger partial charge in [0.15, 0.2) is 0 Å². The summed E-state index contributed by atoms with van der Waals surface area (Å²) in [5.41, 5.74) is 1.96. The van der Waals surface area contributed by atoms with Crippen molar-refractivity contribution in [2.45, 2.75) is 19.5 Å². The van der Waals surface area contributed by atoms with Crippen LogP contribution in [0.25, 0.3) is 0 Å². The lowest BCUT2D eigenvalue weighted by molar-refractivity contribution is 0.237. The molecule has 0 fully saturated rings. The van der Waals surface area contributed by atoms with Gasteiger partial charge < -0.3 is 15.4 Å². The maximum Gasteiger partial charge on any atom is 0.315 e. The summed E-state index contributed by atoms with van der Waals surface area (Å²) in [6.45, 7) is 2.35. The van der Waals surface area contributed by atoms with Crippen molar-refractivity contribution < 1.29 is 9.53 Å². The van der Waals surface area contributed by atoms with Gasteiger partial charge in [-0.15, -0.1) is 0 Å². The van der Waals surface area contributed by atoms with Gasteiger partial charge in [0.1, 0.15) is 0 Å². The number of nitrogens with zero attached hydrogens (tertiary/aromatic N) is 1. The van der Waals surface area contributed by atoms with Crippen LogP contribution in [-0.4, -0.2) is 18.1 Å². The Morgan fingerprint density at radius 1 is 1.36 bits per heavy atom. The molecule has 1 aromatic carbocycles. The zero-order valence-corrected chi connectivity index (χ0v) is 14.1. The molecule has 0 aliphatic carbocycles. The molecule has 116 valence electrons. The summed E-state index contributed by atoms with van der Waals surface area (Å²) in [6, 6.07) is 11.1. The molecule has 0 aliphatic rings. The molecular weight excluding hydrogens is 346 g/mol. The van der Waals surface area contributed by atoms with Crippen molar-refractivity contribution in [2.24, 2.45) is 0 Å². The van der Waals surface area contributed by atoms with Crippen LogP contribution >= 0.6 is 15.9 Å². The van der Waals surface area contributed by atoms with Crippen LogP contribution in [0.1, 0.15) is 24.1 Å². The second-order valence-corrected chi connectivity index (χ2v) is 5.63. The molecule has 2 amide bonds. The SMILES string of the molecule is COc1cc(CNC(=O)NC(C)c2ccccc2Br)ccn1. The van der Waals surface area contributed by atoms with Gasteiger partial charge in [-0.25, -0.2) is 9.78 Å². The van der Waals surface area contributed by atoms with Crippen LogP contribution in [0.2, 0.25) is 0 Å². The maximum atomic E-state index is 12.0. The van der Waals surface area contributed by atoms with Gasteiger partial charge in [-0.1, -0.05) is 34.1 Å². The first-order valence-corrected chi connectivity index (χ1v) is 7.67. The third kappa shape index (κ3) is 4.46. The molecule has 0 bridgehead atoms. The Hall–Kier alpha value is -2.08. The molecule has 1 heterocycles. The summed E-state index contributed by atoms with van der Waals surface area (Å²) in [5.74, 6) is 0.529. The number of amides is 2. The standard InChI is InChI=1S/C16H18BrN3O2/c1-11(13-5-3-4-6-14(13)17)20-16(21)19-10-12-7-8-18-15(9-12)22-2/h3-9,11H,10H2,1-2H3,(H2,19,20,21). The van der Waals surface area contributed by atoms with Crippen molar-refractivity contribution in [3.8, 4) is 5.88 Å². The lowest BCUT2D eigenvalue weighted by atomic mass is 10.1. The van der Waals surface area contributed by atoms with E-state index in [1.54, 1.807) is 19.4 Å². The quantitative estimate of drug-likeness (QED) is 0.855. The number of methoxy groups -OCH3 is 1. The highest BCUT2D eigenvalue weighted by atomic mass is 79.9. The number of carbonyl (C=O) groups is 1. The number of pyridine rings is 1. The summed E-state index contributed by atoms with van der Waals surface area (Å²) in [4.78, 5) is 16.0. The Labute approximate surface area is 138 Å². The van der Waals surface area contributed by atoms with Gasteiger partial charge in [-0.3, -0.25) is 0 Å². The Kier molecular flexibility index (Phi) is 5.77. The van der Waals surface area contributed by atoms with Crippen molar-refractivity contribution in [3.05, 3.63) is 58.2 Å². The monoisotopic (exact) mass is 363 g/mol. The zero-order valence-electron chi connectivity index (χ0n) is 12.5. The number of halogens is 1. The first-order valence-electron chi connectivity index (χ1n) is 6.88. The van der Waals surface area contributed by atoms with E-state index in [2.05, 4.69) is 31.5 Å². The smallest absolute Gasteiger partial charge is 0.315 e. The topological polar surface area (TPSA) is 63.2 Å². The fraction of sp³-hybridized carbons (Fsp3) is 0.250. The average molecular weight is 364 g/mol. The molecule has 1 atom stereocenters. The third-order valence-corrected chi connectivity index (χ3v) is 3.90. The molecule has 0 spiro atoms. The summed E-state index contributed by atoms with van der Waals surface area (Å²) in [5, 5.41) is 5.73. The lowest BCUT2D eigenvalue weighted by Gasteiger charge is -2.16. The molecule has 1 aromatic heterocycles. The highest BCUT2D eigenvalue weighted by Gasteiger charge is 2.11. The third-order valence-electron chi connectivity index (χ3n) is 3.18. The summed E-state index contributed by atoms with van der Waals surface area (Å²) in [7, 11) is 1.56. The van der Waals surface area contributed by atoms with Gasteiger partial charge >= 0.3 is 6.03 Å². The highest BCUT2D eigenvalue weighted by Crippen LogP contribution is 2.22. The molecule has 22 heavy (non-hydrogen) atoms. The second kappa shape index (κ2) is 7.79. The number of aromatic nitrogens is 1. The maximum absolute atomic E-state index is 12.0. The van der Waals surface area contributed by atoms with Crippen LogP contribution < -0.4 is 15.4 Å². The van der Waals surface area contributed by atoms with Gasteiger partial charge in [-0.05, 0) is 30.2 Å². The number of hydrogen-bond donors (Lipinski definition) is 2. The van der Waals surface area contributed by atoms with Crippen molar-refractivity contribution in [1.82, 2.24) is 15.6 Å². The Bertz CT molecular complexity index is 649. The first-order chi connectivity index (χ1) is 10.6. The molecule has 1 unspecified atom stereocenters. The predicted octanol–water partition coefficient (Wildman–Crippen LogP) is 3.41. The number of hydrogen-bond acceptors (Lipinski definition) is 3. The molecule has 0 saturated heterocycles. The summed E-state index contributed by atoms with van der Waals surface area (Å²) >= 11 is 3.49. The molecule has 0 aliphatic heterocycles. The fourth-order valence-electron chi connectivity index (χ4n) is 2.01. The van der Waals surface area contributed by atoms with Crippen LogP contribution in [0.15, 0.2) is 47.1 Å². The van der Waals surface area contributed by atoms with E-state index in [4.69, 9.17) is 4.74 Å². The number of urea groups is 1. The largest absolute Gasteiger partial charge is 0.481 e. The van der Waals surface area contributed by atoms with E-state index in [1.165, 1.54) is 0 Å². The minimum absolute atomic E-state index is 0.0949. The number of rotatable bonds is 5. The van der Waals surface area contributed by atoms with Gasteiger partial charge in [-0.2, -0.15) is 0 Å². The van der Waals surface area contributed by atoms with E-state index in [0.29, 0.717) is 12.4 Å². The normalized spacial score (nSPS) is 11.6. The summed E-state index contributed by atoms with van der Waals surface area (Å²) in [6.07, 6.45) is 1.65. The summed E-state index contributed by atoms with van der Waals surface area (Å²) < 4.78 is 6.03. The fourth-order valence-corrected chi connectivity index (χ4v) is 2.63. The van der Waals surface area contributed by atoms with Crippen molar-refractivity contribution in [3.63, 3.8) is 0 Å². The van der Waals surface area contributed by atoms with Crippen LogP contribution in [0.5, 0.6) is 5.88 Å². The van der Waals surface area contributed by atoms with Crippen LogP contribution in [0.3, 0.4) is 0 Å². The Balaban J connectivity index is 1.89. The molecular formula is C16H18BrN3O2. The molecule has 5 nitrogen and oxygen atoms in total. The molecule has 0 saturated carbocycles. The average Bonchev–Trinajstić information content (AvgIpc) is 2.53. The van der Waals surface area contributed by atoms with Gasteiger partial charge in [0.25, 0.3) is 0 Å². The Morgan fingerprint density at radius 2 is 2.14 bits per heavy atom. The number of carbonyl (C=O) groups excluding carboxylic acids is 1. The molecule has 2 rings (SSSR count). The predicted molar refractivity (Wildman–Crippen MR) is 88.7 cm³/mol. The first kappa shape index (κ1) is 16.3. The van der Waals surface area contributed by atoms with Crippen LogP contribution in [0, 0.1) is 0 Å². The van der Waals surface area contributed by atoms with Gasteiger partial charge in [0.05, 0.1) is 13.2 Å². The van der Waals surface area contributed by atoms with Crippen molar-refractivity contribution in [2.75, 3.05) is 7.11 Å². The molecule has 0 radical (unpaired) electrons. The van der Waals surface area contributed by atoms with Crippen molar-refractivity contribution in [1.29, 1.82) is 0 Å². The lowest BCUT2D eigenvalue weighted by Crippen LogP contribution is -2.36. The number of benzene rings is 1. The van der Waals surface area contributed by atoms with E-state index < -0.39 is 0 Å². The molecule has 6 heteroatoms. The second-order valence-electron chi connectivity index (χ2n) is 4.78. The molecule has 2 N–H and O–H groups in total. The van der Waals surface area contributed by atoms with E-state index in [-0.39, 0.29) is 12.1 Å². The minimum Gasteiger partial charge on any atom is -0.481 e. The highest BCUT2D eigenvalue weighted by molar-refractivity contribution is 9.10.